The molecule has 0 spiro atoms. The first-order valence-electron chi connectivity index (χ1n) is 6.61. The molecule has 0 amide bonds. The molecule has 0 radical (unpaired) electrons. The van der Waals surface area contributed by atoms with Crippen molar-refractivity contribution < 1.29 is 0 Å². The third-order valence-corrected chi connectivity index (χ3v) is 3.06. The number of nitrogens with one attached hydrogen (secondary N) is 2. The second-order valence-corrected chi connectivity index (χ2v) is 4.52. The van der Waals surface area contributed by atoms with Gasteiger partial charge in [0, 0.05) is 5.70 Å². The SMILES string of the molecule is CC#CC(=N)/C=C\C(=C\C1CCCCC1)NCN. The third kappa shape index (κ3) is 5.70. The van der Waals surface area contributed by atoms with Crippen molar-refractivity contribution in [1.29, 1.82) is 5.41 Å². The highest BCUT2D eigenvalue weighted by atomic mass is 15.0. The predicted molar refractivity (Wildman–Crippen MR) is 77.2 cm³/mol. The van der Waals surface area contributed by atoms with Crippen molar-refractivity contribution in [3.63, 3.8) is 0 Å². The molecule has 1 saturated carbocycles. The monoisotopic (exact) mass is 245 g/mol. The molecule has 3 nitrogen and oxygen atoms in total. The summed E-state index contributed by atoms with van der Waals surface area (Å²) in [6.45, 7) is 2.15. The van der Waals surface area contributed by atoms with Crippen LogP contribution in [0.25, 0.3) is 0 Å². The van der Waals surface area contributed by atoms with Crippen molar-refractivity contribution in [1.82, 2.24) is 5.32 Å². The highest BCUT2D eigenvalue weighted by Gasteiger charge is 2.11. The Morgan fingerprint density at radius 2 is 2.06 bits per heavy atom. The molecule has 4 N–H and O–H groups in total. The topological polar surface area (TPSA) is 61.9 Å². The minimum absolute atomic E-state index is 0.325. The lowest BCUT2D eigenvalue weighted by Gasteiger charge is -2.19. The van der Waals surface area contributed by atoms with Crippen LogP contribution in [-0.2, 0) is 0 Å². The van der Waals surface area contributed by atoms with E-state index in [0.717, 1.165) is 5.70 Å². The zero-order chi connectivity index (χ0) is 13.2. The maximum absolute atomic E-state index is 7.59. The van der Waals surface area contributed by atoms with Crippen LogP contribution in [0, 0.1) is 23.2 Å². The molecule has 1 aliphatic carbocycles. The minimum atomic E-state index is 0.325. The lowest BCUT2D eigenvalue weighted by Crippen LogP contribution is -2.21. The molecule has 0 atom stereocenters. The number of hydrogen-bond donors (Lipinski definition) is 3. The Kier molecular flexibility index (Phi) is 6.90. The predicted octanol–water partition coefficient (Wildman–Crippen LogP) is 2.56. The minimum Gasteiger partial charge on any atom is -0.373 e. The van der Waals surface area contributed by atoms with Crippen LogP contribution >= 0.6 is 0 Å². The smallest absolute Gasteiger partial charge is 0.104 e. The molecule has 1 rings (SSSR count). The molecule has 1 aliphatic rings. The van der Waals surface area contributed by atoms with Crippen LogP contribution < -0.4 is 11.1 Å². The maximum Gasteiger partial charge on any atom is 0.104 e. The van der Waals surface area contributed by atoms with E-state index < -0.39 is 0 Å². The van der Waals surface area contributed by atoms with Crippen LogP contribution in [0.15, 0.2) is 23.9 Å². The Balaban J connectivity index is 2.64. The number of nitrogens with two attached hydrogens (primary N) is 1. The quantitative estimate of drug-likeness (QED) is 0.302. The van der Waals surface area contributed by atoms with E-state index in [-0.39, 0.29) is 0 Å². The normalized spacial score (nSPS) is 17.3. The first kappa shape index (κ1) is 14.5. The molecule has 0 heterocycles. The van der Waals surface area contributed by atoms with E-state index in [0.29, 0.717) is 18.3 Å². The summed E-state index contributed by atoms with van der Waals surface area (Å²) in [5.41, 5.74) is 6.86. The standard InChI is InChI=1S/C15H23N3/c1-2-6-14(17)9-10-15(18-12-16)11-13-7-4-3-5-8-13/h9-11,13,17-18H,3-5,7-8,12,16H2,1H3/b10-9-,15-11-,17-14?. The summed E-state index contributed by atoms with van der Waals surface area (Å²) in [4.78, 5) is 0. The average molecular weight is 245 g/mol. The number of hydrogen-bond acceptors (Lipinski definition) is 3. The van der Waals surface area contributed by atoms with Gasteiger partial charge in [0.05, 0.1) is 6.67 Å². The summed E-state index contributed by atoms with van der Waals surface area (Å²) in [5, 5.41) is 10.7. The summed E-state index contributed by atoms with van der Waals surface area (Å²) in [5.74, 6) is 6.06. The summed E-state index contributed by atoms with van der Waals surface area (Å²) >= 11 is 0. The number of rotatable bonds is 5. The van der Waals surface area contributed by atoms with Crippen molar-refractivity contribution in [2.24, 2.45) is 11.7 Å². The van der Waals surface area contributed by atoms with E-state index >= 15 is 0 Å². The van der Waals surface area contributed by atoms with Crippen LogP contribution in [0.2, 0.25) is 0 Å². The Morgan fingerprint density at radius 1 is 1.33 bits per heavy atom. The van der Waals surface area contributed by atoms with Gasteiger partial charge in [0.2, 0.25) is 0 Å². The summed E-state index contributed by atoms with van der Waals surface area (Å²) in [6.07, 6.45) is 12.4. The Hall–Kier alpha value is -1.53. The lowest BCUT2D eigenvalue weighted by molar-refractivity contribution is 0.417. The number of allylic oxidation sites excluding steroid dienone is 3. The van der Waals surface area contributed by atoms with Gasteiger partial charge in [-0.05, 0) is 43.8 Å². The van der Waals surface area contributed by atoms with Gasteiger partial charge in [0.15, 0.2) is 0 Å². The average Bonchev–Trinajstić information content (AvgIpc) is 2.38. The van der Waals surface area contributed by atoms with Crippen molar-refractivity contribution in [3.05, 3.63) is 23.9 Å². The molecular weight excluding hydrogens is 222 g/mol. The van der Waals surface area contributed by atoms with Crippen LogP contribution in [-0.4, -0.2) is 12.4 Å². The second-order valence-electron chi connectivity index (χ2n) is 4.52. The fourth-order valence-corrected chi connectivity index (χ4v) is 2.20. The Bertz CT molecular complexity index is 376. The molecule has 0 aromatic rings. The third-order valence-electron chi connectivity index (χ3n) is 3.06. The highest BCUT2D eigenvalue weighted by Crippen LogP contribution is 2.25. The van der Waals surface area contributed by atoms with Gasteiger partial charge in [-0.3, -0.25) is 5.41 Å². The molecule has 0 aromatic heterocycles. The van der Waals surface area contributed by atoms with Gasteiger partial charge >= 0.3 is 0 Å². The molecule has 18 heavy (non-hydrogen) atoms. The van der Waals surface area contributed by atoms with E-state index in [4.69, 9.17) is 11.1 Å². The van der Waals surface area contributed by atoms with Crippen molar-refractivity contribution >= 4 is 5.71 Å². The fourth-order valence-electron chi connectivity index (χ4n) is 2.20. The Morgan fingerprint density at radius 3 is 2.67 bits per heavy atom. The Labute approximate surface area is 110 Å². The van der Waals surface area contributed by atoms with Gasteiger partial charge < -0.3 is 11.1 Å². The molecule has 98 valence electrons. The van der Waals surface area contributed by atoms with Crippen LogP contribution in [0.5, 0.6) is 0 Å². The molecule has 0 aliphatic heterocycles. The van der Waals surface area contributed by atoms with E-state index in [2.05, 4.69) is 23.2 Å². The lowest BCUT2D eigenvalue weighted by atomic mass is 9.88. The van der Waals surface area contributed by atoms with Gasteiger partial charge in [0.25, 0.3) is 0 Å². The van der Waals surface area contributed by atoms with Crippen molar-refractivity contribution in [3.8, 4) is 11.8 Å². The van der Waals surface area contributed by atoms with E-state index in [1.807, 2.05) is 6.08 Å². The summed E-state index contributed by atoms with van der Waals surface area (Å²) in [6, 6.07) is 0. The van der Waals surface area contributed by atoms with E-state index in [1.165, 1.54) is 32.1 Å². The largest absolute Gasteiger partial charge is 0.373 e. The maximum atomic E-state index is 7.59. The second kappa shape index (κ2) is 8.54. The van der Waals surface area contributed by atoms with E-state index in [9.17, 15) is 0 Å². The molecule has 1 fully saturated rings. The highest BCUT2D eigenvalue weighted by molar-refractivity contribution is 6.06. The molecule has 0 saturated heterocycles. The van der Waals surface area contributed by atoms with Gasteiger partial charge in [-0.2, -0.15) is 0 Å². The molecule has 0 aromatic carbocycles. The van der Waals surface area contributed by atoms with Gasteiger partial charge in [-0.25, -0.2) is 0 Å². The molecular formula is C15H23N3. The zero-order valence-electron chi connectivity index (χ0n) is 11.1. The van der Waals surface area contributed by atoms with Gasteiger partial charge in [-0.15, -0.1) is 0 Å². The van der Waals surface area contributed by atoms with Gasteiger partial charge in [-0.1, -0.05) is 31.3 Å². The van der Waals surface area contributed by atoms with Crippen LogP contribution in [0.3, 0.4) is 0 Å². The van der Waals surface area contributed by atoms with Crippen molar-refractivity contribution in [2.45, 2.75) is 39.0 Å². The fraction of sp³-hybridized carbons (Fsp3) is 0.533. The van der Waals surface area contributed by atoms with Crippen molar-refractivity contribution in [2.75, 3.05) is 6.67 Å². The van der Waals surface area contributed by atoms with Gasteiger partial charge in [0.1, 0.15) is 5.71 Å². The van der Waals surface area contributed by atoms with Crippen LogP contribution in [0.1, 0.15) is 39.0 Å². The first-order chi connectivity index (χ1) is 8.76. The first-order valence-corrected chi connectivity index (χ1v) is 6.61. The van der Waals surface area contributed by atoms with Crippen LogP contribution in [0.4, 0.5) is 0 Å². The molecule has 3 heteroatoms. The zero-order valence-corrected chi connectivity index (χ0v) is 11.1. The summed E-state index contributed by atoms with van der Waals surface area (Å²) < 4.78 is 0. The van der Waals surface area contributed by atoms with E-state index in [1.54, 1.807) is 13.0 Å². The molecule has 0 bridgehead atoms. The molecule has 0 unspecified atom stereocenters. The summed E-state index contributed by atoms with van der Waals surface area (Å²) in [7, 11) is 0.